The lowest BCUT2D eigenvalue weighted by Gasteiger charge is -2.15. The molecule has 0 aromatic heterocycles. The second-order valence-electron chi connectivity index (χ2n) is 11.1. The van der Waals surface area contributed by atoms with Crippen molar-refractivity contribution >= 4 is 23.7 Å². The van der Waals surface area contributed by atoms with Crippen molar-refractivity contribution in [1.82, 2.24) is 0 Å². The summed E-state index contributed by atoms with van der Waals surface area (Å²) in [5.74, 6) is -2.06. The molecule has 7 heteroatoms. The molecular formula is C36H56O7. The number of carbonyl (C=O) groups is 4. The summed E-state index contributed by atoms with van der Waals surface area (Å²) in [5, 5.41) is 16.9. The van der Waals surface area contributed by atoms with E-state index in [4.69, 9.17) is 14.9 Å². The summed E-state index contributed by atoms with van der Waals surface area (Å²) < 4.78 is 5.16. The highest BCUT2D eigenvalue weighted by Crippen LogP contribution is 2.17. The van der Waals surface area contributed by atoms with Crippen molar-refractivity contribution in [1.29, 1.82) is 0 Å². The van der Waals surface area contributed by atoms with Gasteiger partial charge in [0.1, 0.15) is 5.78 Å². The minimum atomic E-state index is -0.980. The third kappa shape index (κ3) is 32.9. The summed E-state index contributed by atoms with van der Waals surface area (Å²) in [4.78, 5) is 43.1. The fourth-order valence-corrected chi connectivity index (χ4v) is 3.25. The van der Waals surface area contributed by atoms with Gasteiger partial charge < -0.3 is 14.9 Å². The summed E-state index contributed by atoms with van der Waals surface area (Å²) in [7, 11) is 0. The van der Waals surface area contributed by atoms with Crippen molar-refractivity contribution < 1.29 is 34.1 Å². The number of rotatable bonds is 22. The Morgan fingerprint density at radius 1 is 0.605 bits per heavy atom. The molecule has 2 N–H and O–H groups in total. The number of Topliss-reactive ketones (excluding diaryl/α,β-unsaturated/α-hetero) is 1. The van der Waals surface area contributed by atoms with Gasteiger partial charge in [0.25, 0.3) is 0 Å². The molecule has 0 radical (unpaired) electrons. The third-order valence-corrected chi connectivity index (χ3v) is 6.07. The number of hydrogen-bond donors (Lipinski definition) is 2. The zero-order valence-electron chi connectivity index (χ0n) is 27.1. The van der Waals surface area contributed by atoms with E-state index in [-0.39, 0.29) is 37.4 Å². The molecule has 0 aromatic rings. The van der Waals surface area contributed by atoms with Crippen LogP contribution in [0.4, 0.5) is 0 Å². The smallest absolute Gasteiger partial charge is 0.306 e. The third-order valence-electron chi connectivity index (χ3n) is 6.07. The highest BCUT2D eigenvalue weighted by Gasteiger charge is 2.21. The van der Waals surface area contributed by atoms with Crippen LogP contribution in [0.5, 0.6) is 0 Å². The maximum Gasteiger partial charge on any atom is 0.306 e. The van der Waals surface area contributed by atoms with E-state index >= 15 is 0 Å². The van der Waals surface area contributed by atoms with Crippen LogP contribution in [0.25, 0.3) is 0 Å². The van der Waals surface area contributed by atoms with Gasteiger partial charge in [-0.1, -0.05) is 108 Å². The lowest BCUT2D eigenvalue weighted by molar-refractivity contribution is -0.148. The molecule has 1 unspecified atom stereocenters. The number of aliphatic carboxylic acids is 2. The molecule has 0 fully saturated rings. The molecule has 43 heavy (non-hydrogen) atoms. The van der Waals surface area contributed by atoms with E-state index in [1.807, 2.05) is 0 Å². The minimum Gasteiger partial charge on any atom is -0.481 e. The molecule has 0 rings (SSSR count). The van der Waals surface area contributed by atoms with Gasteiger partial charge in [-0.25, -0.2) is 0 Å². The van der Waals surface area contributed by atoms with Gasteiger partial charge in [0, 0.05) is 11.8 Å². The Morgan fingerprint density at radius 2 is 1.00 bits per heavy atom. The van der Waals surface area contributed by atoms with E-state index < -0.39 is 23.3 Å². The monoisotopic (exact) mass is 600 g/mol. The van der Waals surface area contributed by atoms with Crippen LogP contribution in [0.15, 0.2) is 72.9 Å². The van der Waals surface area contributed by atoms with Gasteiger partial charge in [0.15, 0.2) is 0 Å². The van der Waals surface area contributed by atoms with Crippen LogP contribution in [0.2, 0.25) is 0 Å². The van der Waals surface area contributed by atoms with Gasteiger partial charge in [0.05, 0.1) is 25.9 Å². The summed E-state index contributed by atoms with van der Waals surface area (Å²) in [5.41, 5.74) is -0.407. The van der Waals surface area contributed by atoms with Crippen molar-refractivity contribution in [3.05, 3.63) is 72.9 Å². The summed E-state index contributed by atoms with van der Waals surface area (Å²) in [6, 6.07) is 0. The van der Waals surface area contributed by atoms with Gasteiger partial charge in [-0.05, 0) is 57.3 Å². The normalized spacial score (nSPS) is 13.0. The number of hydrogen-bond acceptors (Lipinski definition) is 5. The number of carbonyl (C=O) groups excluding carboxylic acids is 2. The lowest BCUT2D eigenvalue weighted by Crippen LogP contribution is -2.20. The van der Waals surface area contributed by atoms with Crippen LogP contribution < -0.4 is 0 Å². The minimum absolute atomic E-state index is 0.0000926. The Hall–Kier alpha value is -3.48. The molecule has 0 saturated carbocycles. The average molecular weight is 601 g/mol. The van der Waals surface area contributed by atoms with Crippen molar-refractivity contribution in [3.8, 4) is 0 Å². The van der Waals surface area contributed by atoms with Gasteiger partial charge in [-0.2, -0.15) is 0 Å². The van der Waals surface area contributed by atoms with E-state index in [0.717, 1.165) is 51.4 Å². The molecule has 242 valence electrons. The van der Waals surface area contributed by atoms with E-state index in [1.54, 1.807) is 20.8 Å². The maximum absolute atomic E-state index is 11.5. The Labute approximate surface area is 260 Å². The molecule has 0 aliphatic rings. The van der Waals surface area contributed by atoms with Gasteiger partial charge in [-0.15, -0.1) is 0 Å². The molecule has 0 amide bonds. The van der Waals surface area contributed by atoms with Gasteiger partial charge >= 0.3 is 17.9 Å². The second-order valence-corrected chi connectivity index (χ2v) is 11.1. The Bertz CT molecular complexity index is 943. The van der Waals surface area contributed by atoms with Crippen LogP contribution >= 0.6 is 0 Å². The molecule has 0 bridgehead atoms. The number of carboxylic acid groups (broad SMARTS) is 2. The number of ketones is 1. The first-order valence-electron chi connectivity index (χ1n) is 15.5. The molecular weight excluding hydrogens is 544 g/mol. The number of ether oxygens (including phenoxy) is 1. The zero-order chi connectivity index (χ0) is 32.8. The van der Waals surface area contributed by atoms with Crippen molar-refractivity contribution in [2.24, 2.45) is 11.3 Å². The van der Waals surface area contributed by atoms with Crippen LogP contribution in [0.3, 0.4) is 0 Å². The van der Waals surface area contributed by atoms with Crippen molar-refractivity contribution in [3.63, 3.8) is 0 Å². The van der Waals surface area contributed by atoms with E-state index in [1.165, 1.54) is 0 Å². The van der Waals surface area contributed by atoms with Crippen molar-refractivity contribution in [2.75, 3.05) is 6.61 Å². The van der Waals surface area contributed by atoms with Crippen LogP contribution in [-0.4, -0.2) is 40.5 Å². The molecule has 0 spiro atoms. The first kappa shape index (κ1) is 41.7. The van der Waals surface area contributed by atoms with E-state index in [0.29, 0.717) is 6.61 Å². The molecule has 0 aliphatic heterocycles. The fraction of sp³-hybridized carbons (Fsp3) is 0.556. The van der Waals surface area contributed by atoms with Gasteiger partial charge in [0.2, 0.25) is 0 Å². The molecule has 0 heterocycles. The van der Waals surface area contributed by atoms with Crippen LogP contribution in [0.1, 0.15) is 112 Å². The average Bonchev–Trinajstić information content (AvgIpc) is 2.95. The topological polar surface area (TPSA) is 118 Å². The highest BCUT2D eigenvalue weighted by atomic mass is 16.5. The molecule has 0 saturated heterocycles. The number of esters is 1. The summed E-state index contributed by atoms with van der Waals surface area (Å²) in [6.45, 7) is 9.92. The predicted octanol–water partition coefficient (Wildman–Crippen LogP) is 8.97. The molecule has 0 aromatic carbocycles. The van der Waals surface area contributed by atoms with Crippen LogP contribution in [0, 0.1) is 11.3 Å². The maximum atomic E-state index is 11.5. The van der Waals surface area contributed by atoms with Crippen LogP contribution in [-0.2, 0) is 23.9 Å². The van der Waals surface area contributed by atoms with E-state index in [2.05, 4.69) is 86.8 Å². The highest BCUT2D eigenvalue weighted by molar-refractivity contribution is 5.86. The first-order valence-corrected chi connectivity index (χ1v) is 15.5. The zero-order valence-corrected chi connectivity index (χ0v) is 27.1. The standard InChI is InChI=1S/C28H42O4.C8H14O3/c1-3-5-6-7-8-9-10-11-12-13-14-15-16-17-18-19-20-21-22-26(4-2)25-32-28(31)24-23-27(29)30;1-8(2,3)6(9)4-5-7(10)11/h5-6,8-9,11-12,14-15,17-18,20-21,26H,3-4,7,10,13,16,19,22-25H2,1-2H3,(H,29,30);4-5H2,1-3H3,(H,10,11)/b6-5-,9-8-,12-11-,15-14-,18-17-,21-20-;. The Morgan fingerprint density at radius 3 is 1.37 bits per heavy atom. The molecule has 0 aliphatic carbocycles. The van der Waals surface area contributed by atoms with Crippen molar-refractivity contribution in [2.45, 2.75) is 112 Å². The lowest BCUT2D eigenvalue weighted by atomic mass is 9.88. The summed E-state index contributed by atoms with van der Waals surface area (Å²) >= 11 is 0. The predicted molar refractivity (Wildman–Crippen MR) is 176 cm³/mol. The molecule has 7 nitrogen and oxygen atoms in total. The quantitative estimate of drug-likeness (QED) is 0.0940. The second kappa shape index (κ2) is 28.6. The SMILES string of the molecule is CC(C)(C)C(=O)CCC(=O)O.CC/C=C\C/C=C\C/C=C\C/C=C\C/C=C\C/C=C\CC(CC)COC(=O)CCC(=O)O. The molecule has 1 atom stereocenters. The van der Waals surface area contributed by atoms with Gasteiger partial charge in [-0.3, -0.25) is 19.2 Å². The van der Waals surface area contributed by atoms with E-state index in [9.17, 15) is 19.2 Å². The Kier molecular flexibility index (Phi) is 27.7. The largest absolute Gasteiger partial charge is 0.481 e. The first-order chi connectivity index (χ1) is 20.4. The fourth-order valence-electron chi connectivity index (χ4n) is 3.25. The number of allylic oxidation sites excluding steroid dienone is 12. The Balaban J connectivity index is 0. The summed E-state index contributed by atoms with van der Waals surface area (Å²) in [6.07, 6.45) is 33.7. The number of carboxylic acids is 2.